The summed E-state index contributed by atoms with van der Waals surface area (Å²) in [6.07, 6.45) is 6.98. The molecule has 5 heteroatoms. The predicted molar refractivity (Wildman–Crippen MR) is 87.3 cm³/mol. The van der Waals surface area contributed by atoms with Gasteiger partial charge in [-0.2, -0.15) is 8.78 Å². The summed E-state index contributed by atoms with van der Waals surface area (Å²) < 4.78 is 34.4. The van der Waals surface area contributed by atoms with Crippen LogP contribution in [0.4, 0.5) is 8.78 Å². The van der Waals surface area contributed by atoms with Gasteiger partial charge in [-0.1, -0.05) is 12.5 Å². The molecule has 24 heavy (non-hydrogen) atoms. The van der Waals surface area contributed by atoms with Crippen molar-refractivity contribution in [1.29, 1.82) is 0 Å². The third-order valence-electron chi connectivity index (χ3n) is 6.44. The molecule has 0 spiro atoms. The Kier molecular flexibility index (Phi) is 4.37. The number of hydrogen-bond donors (Lipinski definition) is 1. The second kappa shape index (κ2) is 6.51. The molecule has 1 N–H and O–H groups in total. The largest absolute Gasteiger partial charge is 0.493 e. The van der Waals surface area contributed by atoms with Gasteiger partial charge in [0.2, 0.25) is 0 Å². The van der Waals surface area contributed by atoms with Gasteiger partial charge in [-0.25, -0.2) is 0 Å². The topological polar surface area (TPSA) is 30.5 Å². The lowest BCUT2D eigenvalue weighted by molar-refractivity contribution is -0.0512. The van der Waals surface area contributed by atoms with Crippen LogP contribution in [-0.4, -0.2) is 19.8 Å². The summed E-state index contributed by atoms with van der Waals surface area (Å²) in [7, 11) is 1.47. The van der Waals surface area contributed by atoms with E-state index in [-0.39, 0.29) is 5.75 Å². The van der Waals surface area contributed by atoms with Crippen LogP contribution in [0.25, 0.3) is 0 Å². The van der Waals surface area contributed by atoms with Crippen LogP contribution in [0.1, 0.15) is 37.7 Å². The zero-order valence-electron chi connectivity index (χ0n) is 14.0. The van der Waals surface area contributed by atoms with Crippen molar-refractivity contribution in [1.82, 2.24) is 5.32 Å². The standard InChI is InChI=1S/C19H25F2NO2/c1-23-18-7-11(5-6-17(18)24-19(20)21)10-22-16-9-12-8-15(16)14-4-2-3-13(12)14/h5-7,12-16,19,22H,2-4,8-10H2,1H3/t12-,13+,14+,15+,16-/m1/s1. The van der Waals surface area contributed by atoms with Crippen LogP contribution in [0, 0.1) is 23.7 Å². The summed E-state index contributed by atoms with van der Waals surface area (Å²) in [4.78, 5) is 0. The van der Waals surface area contributed by atoms with E-state index < -0.39 is 6.61 Å². The zero-order chi connectivity index (χ0) is 16.7. The Bertz CT molecular complexity index is 595. The van der Waals surface area contributed by atoms with Crippen LogP contribution in [0.5, 0.6) is 11.5 Å². The minimum atomic E-state index is -2.84. The highest BCUT2D eigenvalue weighted by Crippen LogP contribution is 2.58. The van der Waals surface area contributed by atoms with Gasteiger partial charge in [0.05, 0.1) is 7.11 Å². The molecule has 4 rings (SSSR count). The van der Waals surface area contributed by atoms with Gasteiger partial charge in [0.1, 0.15) is 0 Å². The van der Waals surface area contributed by atoms with Gasteiger partial charge in [-0.15, -0.1) is 0 Å². The van der Waals surface area contributed by atoms with E-state index in [1.165, 1.54) is 39.2 Å². The molecule has 5 atom stereocenters. The molecule has 3 aliphatic rings. The summed E-state index contributed by atoms with van der Waals surface area (Å²) in [5.74, 6) is 4.15. The third kappa shape index (κ3) is 2.87. The number of ether oxygens (including phenoxy) is 2. The number of methoxy groups -OCH3 is 1. The monoisotopic (exact) mass is 337 g/mol. The van der Waals surface area contributed by atoms with Crippen molar-refractivity contribution in [3.63, 3.8) is 0 Å². The van der Waals surface area contributed by atoms with Crippen LogP contribution < -0.4 is 14.8 Å². The smallest absolute Gasteiger partial charge is 0.387 e. The average Bonchev–Trinajstić information content (AvgIpc) is 3.26. The average molecular weight is 337 g/mol. The molecule has 1 aromatic rings. The normalized spacial score (nSPS) is 33.9. The zero-order valence-corrected chi connectivity index (χ0v) is 14.0. The highest BCUT2D eigenvalue weighted by Gasteiger charge is 2.53. The fourth-order valence-electron chi connectivity index (χ4n) is 5.57. The molecule has 3 aliphatic carbocycles. The van der Waals surface area contributed by atoms with Crippen molar-refractivity contribution in [2.24, 2.45) is 23.7 Å². The van der Waals surface area contributed by atoms with Gasteiger partial charge in [-0.3, -0.25) is 0 Å². The molecule has 0 radical (unpaired) electrons. The summed E-state index contributed by atoms with van der Waals surface area (Å²) in [5, 5.41) is 3.71. The molecule has 132 valence electrons. The Morgan fingerprint density at radius 1 is 1.12 bits per heavy atom. The lowest BCUT2D eigenvalue weighted by Gasteiger charge is -2.32. The Morgan fingerprint density at radius 3 is 2.75 bits per heavy atom. The molecule has 1 aromatic carbocycles. The van der Waals surface area contributed by atoms with E-state index in [1.807, 2.05) is 6.07 Å². The van der Waals surface area contributed by atoms with Crippen LogP contribution in [0.3, 0.4) is 0 Å². The second-order valence-corrected chi connectivity index (χ2v) is 7.51. The van der Waals surface area contributed by atoms with Gasteiger partial charge in [0.15, 0.2) is 11.5 Å². The molecule has 0 aliphatic heterocycles. The maximum Gasteiger partial charge on any atom is 0.387 e. The number of fused-ring (bicyclic) bond motifs is 5. The Labute approximate surface area is 141 Å². The Hall–Kier alpha value is -1.36. The van der Waals surface area contributed by atoms with Crippen LogP contribution in [0.2, 0.25) is 0 Å². The SMILES string of the molecule is COc1cc(CN[C@@H]2C[C@H]3C[C@H]2[C@H]2CCC[C@@H]32)ccc1OC(F)F. The molecule has 3 nitrogen and oxygen atoms in total. The first-order valence-corrected chi connectivity index (χ1v) is 9.01. The molecule has 0 amide bonds. The molecular formula is C19H25F2NO2. The summed E-state index contributed by atoms with van der Waals surface area (Å²) in [6.45, 7) is -2.09. The highest BCUT2D eigenvalue weighted by atomic mass is 19.3. The quantitative estimate of drug-likeness (QED) is 0.843. The third-order valence-corrected chi connectivity index (χ3v) is 6.44. The first kappa shape index (κ1) is 16.1. The van der Waals surface area contributed by atoms with Crippen molar-refractivity contribution in [2.45, 2.75) is 51.3 Å². The lowest BCUT2D eigenvalue weighted by Crippen LogP contribution is -2.38. The fraction of sp³-hybridized carbons (Fsp3) is 0.684. The van der Waals surface area contributed by atoms with Crippen molar-refractivity contribution in [3.05, 3.63) is 23.8 Å². The van der Waals surface area contributed by atoms with Gasteiger partial charge in [0, 0.05) is 12.6 Å². The van der Waals surface area contributed by atoms with Gasteiger partial charge in [0.25, 0.3) is 0 Å². The van der Waals surface area contributed by atoms with E-state index in [1.54, 1.807) is 12.1 Å². The van der Waals surface area contributed by atoms with E-state index in [0.717, 1.165) is 35.8 Å². The minimum absolute atomic E-state index is 0.0879. The van der Waals surface area contributed by atoms with E-state index in [9.17, 15) is 8.78 Å². The Balaban J connectivity index is 1.38. The van der Waals surface area contributed by atoms with Crippen molar-refractivity contribution in [2.75, 3.05) is 7.11 Å². The summed E-state index contributed by atoms with van der Waals surface area (Å²) in [5.41, 5.74) is 1.04. The fourth-order valence-corrected chi connectivity index (χ4v) is 5.57. The second-order valence-electron chi connectivity index (χ2n) is 7.51. The number of halogens is 2. The number of rotatable bonds is 6. The molecular weight excluding hydrogens is 312 g/mol. The molecule has 0 heterocycles. The molecule has 0 unspecified atom stereocenters. The highest BCUT2D eigenvalue weighted by molar-refractivity contribution is 5.43. The molecule has 3 saturated carbocycles. The maximum absolute atomic E-state index is 12.4. The van der Waals surface area contributed by atoms with E-state index in [4.69, 9.17) is 4.74 Å². The van der Waals surface area contributed by atoms with E-state index in [0.29, 0.717) is 11.8 Å². The van der Waals surface area contributed by atoms with Crippen molar-refractivity contribution in [3.8, 4) is 11.5 Å². The van der Waals surface area contributed by atoms with Crippen LogP contribution in [0.15, 0.2) is 18.2 Å². The molecule has 0 saturated heterocycles. The molecule has 0 aromatic heterocycles. The van der Waals surface area contributed by atoms with E-state index in [2.05, 4.69) is 10.1 Å². The summed E-state index contributed by atoms with van der Waals surface area (Å²) >= 11 is 0. The predicted octanol–water partition coefficient (Wildman–Crippen LogP) is 4.21. The molecule has 3 fully saturated rings. The number of benzene rings is 1. The number of nitrogens with one attached hydrogen (secondary N) is 1. The van der Waals surface area contributed by atoms with E-state index >= 15 is 0 Å². The van der Waals surface area contributed by atoms with Crippen molar-refractivity contribution < 1.29 is 18.3 Å². The number of alkyl halides is 2. The lowest BCUT2D eigenvalue weighted by atomic mass is 9.79. The first-order chi connectivity index (χ1) is 11.7. The first-order valence-electron chi connectivity index (χ1n) is 9.01. The van der Waals surface area contributed by atoms with Crippen LogP contribution in [-0.2, 0) is 6.54 Å². The van der Waals surface area contributed by atoms with Gasteiger partial charge < -0.3 is 14.8 Å². The summed E-state index contributed by atoms with van der Waals surface area (Å²) in [6, 6.07) is 5.79. The van der Waals surface area contributed by atoms with Gasteiger partial charge in [-0.05, 0) is 67.1 Å². The van der Waals surface area contributed by atoms with Gasteiger partial charge >= 0.3 is 6.61 Å². The van der Waals surface area contributed by atoms with Crippen LogP contribution >= 0.6 is 0 Å². The minimum Gasteiger partial charge on any atom is -0.493 e. The van der Waals surface area contributed by atoms with Crippen molar-refractivity contribution >= 4 is 0 Å². The molecule has 2 bridgehead atoms. The maximum atomic E-state index is 12.4. The number of hydrogen-bond acceptors (Lipinski definition) is 3. The Morgan fingerprint density at radius 2 is 1.96 bits per heavy atom.